The predicted molar refractivity (Wildman–Crippen MR) is 112 cm³/mol. The second kappa shape index (κ2) is 9.75. The van der Waals surface area contributed by atoms with E-state index in [0.29, 0.717) is 18.6 Å². The van der Waals surface area contributed by atoms with Crippen LogP contribution < -0.4 is 19.7 Å². The smallest absolute Gasteiger partial charge is 0.387 e. The molecule has 11 heteroatoms. The van der Waals surface area contributed by atoms with E-state index in [2.05, 4.69) is 30.2 Å². The number of anilines is 1. The minimum atomic E-state index is -2.93. The maximum absolute atomic E-state index is 12.6. The Morgan fingerprint density at radius 2 is 2.03 bits per heavy atom. The number of hydrogen-bond donors (Lipinski definition) is 1. The Morgan fingerprint density at radius 1 is 1.22 bits per heavy atom. The Kier molecular flexibility index (Phi) is 6.62. The number of benzene rings is 1. The molecule has 1 aliphatic rings. The molecule has 0 radical (unpaired) electrons. The van der Waals surface area contributed by atoms with Gasteiger partial charge in [-0.1, -0.05) is 6.07 Å². The van der Waals surface area contributed by atoms with Crippen molar-refractivity contribution in [3.8, 4) is 11.5 Å². The summed E-state index contributed by atoms with van der Waals surface area (Å²) in [7, 11) is 1.39. The number of carbonyl (C=O) groups is 1. The van der Waals surface area contributed by atoms with Crippen molar-refractivity contribution >= 4 is 17.4 Å². The molecule has 1 aliphatic heterocycles. The van der Waals surface area contributed by atoms with E-state index in [9.17, 15) is 13.6 Å². The average Bonchev–Trinajstić information content (AvgIpc) is 3.27. The Balaban J connectivity index is 1.25. The van der Waals surface area contributed by atoms with Gasteiger partial charge in [-0.3, -0.25) is 4.79 Å². The van der Waals surface area contributed by atoms with Crippen molar-refractivity contribution in [1.29, 1.82) is 0 Å². The molecule has 0 aliphatic carbocycles. The van der Waals surface area contributed by atoms with Crippen LogP contribution in [0.2, 0.25) is 0 Å². The molecule has 2 aromatic heterocycles. The SMILES string of the molecule is COc1ccc(CCNC(=O)C2CCN(c3ccc4nncn4n3)CC2)cc1OC(F)F. The molecule has 0 unspecified atom stereocenters. The van der Waals surface area contributed by atoms with E-state index in [1.165, 1.54) is 13.2 Å². The number of piperidine rings is 1. The number of halogens is 2. The van der Waals surface area contributed by atoms with Crippen LogP contribution in [-0.4, -0.2) is 59.1 Å². The van der Waals surface area contributed by atoms with Crippen molar-refractivity contribution in [1.82, 2.24) is 25.1 Å². The Hall–Kier alpha value is -3.50. The molecule has 1 fully saturated rings. The van der Waals surface area contributed by atoms with Gasteiger partial charge in [0.05, 0.1) is 7.11 Å². The van der Waals surface area contributed by atoms with Gasteiger partial charge in [-0.25, -0.2) is 0 Å². The molecule has 3 aromatic rings. The van der Waals surface area contributed by atoms with Gasteiger partial charge in [-0.05, 0) is 49.1 Å². The number of methoxy groups -OCH3 is 1. The first-order chi connectivity index (χ1) is 15.5. The highest BCUT2D eigenvalue weighted by molar-refractivity contribution is 5.79. The summed E-state index contributed by atoms with van der Waals surface area (Å²) in [5.74, 6) is 0.986. The minimum Gasteiger partial charge on any atom is -0.493 e. The number of ether oxygens (including phenoxy) is 2. The number of nitrogens with zero attached hydrogens (tertiary/aromatic N) is 5. The van der Waals surface area contributed by atoms with Crippen molar-refractivity contribution in [3.05, 3.63) is 42.2 Å². The third-order valence-electron chi connectivity index (χ3n) is 5.49. The first-order valence-corrected chi connectivity index (χ1v) is 10.3. The highest BCUT2D eigenvalue weighted by Gasteiger charge is 2.25. The summed E-state index contributed by atoms with van der Waals surface area (Å²) in [6.45, 7) is -1.07. The second-order valence-electron chi connectivity index (χ2n) is 7.49. The quantitative estimate of drug-likeness (QED) is 0.568. The fraction of sp³-hybridized carbons (Fsp3) is 0.429. The van der Waals surface area contributed by atoms with E-state index in [1.807, 2.05) is 12.1 Å². The van der Waals surface area contributed by atoms with Gasteiger partial charge in [-0.15, -0.1) is 15.3 Å². The molecule has 4 rings (SSSR count). The minimum absolute atomic E-state index is 0.00411. The number of fused-ring (bicyclic) bond motifs is 1. The van der Waals surface area contributed by atoms with Crippen LogP contribution in [-0.2, 0) is 11.2 Å². The number of amides is 1. The van der Waals surface area contributed by atoms with Gasteiger partial charge in [0.25, 0.3) is 0 Å². The van der Waals surface area contributed by atoms with E-state index < -0.39 is 6.61 Å². The summed E-state index contributed by atoms with van der Waals surface area (Å²) < 4.78 is 36.3. The zero-order chi connectivity index (χ0) is 22.5. The van der Waals surface area contributed by atoms with E-state index in [1.54, 1.807) is 23.0 Å². The summed E-state index contributed by atoms with van der Waals surface area (Å²) in [6.07, 6.45) is 3.51. The zero-order valence-electron chi connectivity index (χ0n) is 17.6. The van der Waals surface area contributed by atoms with Gasteiger partial charge >= 0.3 is 6.61 Å². The van der Waals surface area contributed by atoms with Crippen LogP contribution in [0.25, 0.3) is 5.65 Å². The largest absolute Gasteiger partial charge is 0.493 e. The number of rotatable bonds is 8. The molecular formula is C21H24F2N6O3. The normalized spacial score (nSPS) is 14.7. The summed E-state index contributed by atoms with van der Waals surface area (Å²) in [6, 6.07) is 8.63. The maximum Gasteiger partial charge on any atom is 0.387 e. The highest BCUT2D eigenvalue weighted by atomic mass is 19.3. The van der Waals surface area contributed by atoms with Gasteiger partial charge in [0.1, 0.15) is 12.1 Å². The molecule has 32 heavy (non-hydrogen) atoms. The average molecular weight is 446 g/mol. The van der Waals surface area contributed by atoms with Gasteiger partial charge < -0.3 is 19.7 Å². The van der Waals surface area contributed by atoms with Crippen LogP contribution in [0.4, 0.5) is 14.6 Å². The molecule has 1 amide bonds. The lowest BCUT2D eigenvalue weighted by atomic mass is 9.96. The topological polar surface area (TPSA) is 93.9 Å². The zero-order valence-corrected chi connectivity index (χ0v) is 17.6. The van der Waals surface area contributed by atoms with Crippen LogP contribution in [0.1, 0.15) is 18.4 Å². The molecule has 1 aromatic carbocycles. The Bertz CT molecular complexity index is 1070. The van der Waals surface area contributed by atoms with E-state index in [0.717, 1.165) is 37.3 Å². The number of alkyl halides is 2. The van der Waals surface area contributed by atoms with E-state index >= 15 is 0 Å². The van der Waals surface area contributed by atoms with E-state index in [-0.39, 0.29) is 23.3 Å². The third-order valence-corrected chi connectivity index (χ3v) is 5.49. The molecule has 1 N–H and O–H groups in total. The molecule has 0 saturated carbocycles. The van der Waals surface area contributed by atoms with Gasteiger partial charge in [0, 0.05) is 25.6 Å². The summed E-state index contributed by atoms with van der Waals surface area (Å²) in [5, 5.41) is 15.2. The van der Waals surface area contributed by atoms with Crippen molar-refractivity contribution < 1.29 is 23.0 Å². The van der Waals surface area contributed by atoms with Gasteiger partial charge in [0.2, 0.25) is 5.91 Å². The van der Waals surface area contributed by atoms with Crippen LogP contribution in [0.15, 0.2) is 36.7 Å². The first kappa shape index (κ1) is 21.7. The fourth-order valence-corrected chi connectivity index (χ4v) is 3.80. The molecule has 170 valence electrons. The van der Waals surface area contributed by atoms with Crippen molar-refractivity contribution in [2.75, 3.05) is 31.6 Å². The first-order valence-electron chi connectivity index (χ1n) is 10.3. The number of hydrogen-bond acceptors (Lipinski definition) is 7. The predicted octanol–water partition coefficient (Wildman–Crippen LogP) is 2.31. The van der Waals surface area contributed by atoms with Gasteiger partial charge in [-0.2, -0.15) is 13.3 Å². The lowest BCUT2D eigenvalue weighted by Crippen LogP contribution is -2.41. The molecule has 3 heterocycles. The highest BCUT2D eigenvalue weighted by Crippen LogP contribution is 2.29. The van der Waals surface area contributed by atoms with Crippen LogP contribution in [0.5, 0.6) is 11.5 Å². The molecule has 0 bridgehead atoms. The van der Waals surface area contributed by atoms with Crippen molar-refractivity contribution in [2.45, 2.75) is 25.9 Å². The molecule has 0 spiro atoms. The molecule has 0 atom stereocenters. The Morgan fingerprint density at radius 3 is 2.78 bits per heavy atom. The second-order valence-corrected chi connectivity index (χ2v) is 7.49. The lowest BCUT2D eigenvalue weighted by molar-refractivity contribution is -0.125. The summed E-state index contributed by atoms with van der Waals surface area (Å²) in [5.41, 5.74) is 1.46. The molecular weight excluding hydrogens is 422 g/mol. The van der Waals surface area contributed by atoms with Crippen LogP contribution in [0, 0.1) is 5.92 Å². The van der Waals surface area contributed by atoms with Crippen LogP contribution in [0.3, 0.4) is 0 Å². The molecule has 9 nitrogen and oxygen atoms in total. The number of carbonyl (C=O) groups excluding carboxylic acids is 1. The van der Waals surface area contributed by atoms with Gasteiger partial charge in [0.15, 0.2) is 17.1 Å². The lowest BCUT2D eigenvalue weighted by Gasteiger charge is -2.32. The number of nitrogens with one attached hydrogen (secondary N) is 1. The fourth-order valence-electron chi connectivity index (χ4n) is 3.80. The summed E-state index contributed by atoms with van der Waals surface area (Å²) in [4.78, 5) is 14.7. The maximum atomic E-state index is 12.6. The van der Waals surface area contributed by atoms with E-state index in [4.69, 9.17) is 4.74 Å². The molecule has 1 saturated heterocycles. The Labute approximate surface area is 183 Å². The van der Waals surface area contributed by atoms with Crippen LogP contribution >= 0.6 is 0 Å². The monoisotopic (exact) mass is 446 g/mol. The number of aromatic nitrogens is 4. The van der Waals surface area contributed by atoms with Crippen molar-refractivity contribution in [3.63, 3.8) is 0 Å². The summed E-state index contributed by atoms with van der Waals surface area (Å²) >= 11 is 0. The van der Waals surface area contributed by atoms with Crippen molar-refractivity contribution in [2.24, 2.45) is 5.92 Å². The third kappa shape index (κ3) is 5.04. The standard InChI is InChI=1S/C21H24F2N6O3/c1-31-16-3-2-14(12-17(16)32-21(22)23)6-9-24-20(30)15-7-10-28(11-8-15)19-5-4-18-26-25-13-29(18)27-19/h2-5,12-13,15,21H,6-11H2,1H3,(H,24,30).